The molecule has 3 rings (SSSR count). The van der Waals surface area contributed by atoms with Gasteiger partial charge < -0.3 is 14.4 Å². The fourth-order valence-electron chi connectivity index (χ4n) is 3.32. The Balaban J connectivity index is 1.72. The quantitative estimate of drug-likeness (QED) is 0.623. The van der Waals surface area contributed by atoms with Crippen LogP contribution in [-0.2, 0) is 0 Å². The molecule has 0 aromatic heterocycles. The molecular weight excluding hydrogens is 394 g/mol. The Labute approximate surface area is 176 Å². The number of hydrogen-bond acceptors (Lipinski definition) is 4. The normalized spacial score (nSPS) is 17.1. The summed E-state index contributed by atoms with van der Waals surface area (Å²) < 4.78 is 11.3. The summed E-state index contributed by atoms with van der Waals surface area (Å²) in [5.41, 5.74) is 1.79. The van der Waals surface area contributed by atoms with Crippen molar-refractivity contribution >= 4 is 29.3 Å². The molecule has 28 heavy (non-hydrogen) atoms. The van der Waals surface area contributed by atoms with E-state index in [4.69, 9.17) is 21.1 Å². The highest BCUT2D eigenvalue weighted by molar-refractivity contribution is 7.99. The highest BCUT2D eigenvalue weighted by atomic mass is 35.5. The van der Waals surface area contributed by atoms with Crippen LogP contribution in [0.3, 0.4) is 0 Å². The number of nitrogens with zero attached hydrogens (tertiary/aromatic N) is 1. The molecule has 1 heterocycles. The number of ether oxygens (including phenoxy) is 2. The predicted octanol–water partition coefficient (Wildman–Crippen LogP) is 5.46. The lowest BCUT2D eigenvalue weighted by atomic mass is 10.1. The molecule has 1 aliphatic heterocycles. The van der Waals surface area contributed by atoms with E-state index in [1.54, 1.807) is 6.07 Å². The van der Waals surface area contributed by atoms with E-state index in [1.165, 1.54) is 0 Å². The maximum Gasteiger partial charge on any atom is 0.254 e. The summed E-state index contributed by atoms with van der Waals surface area (Å²) in [6.45, 7) is 6.36. The summed E-state index contributed by atoms with van der Waals surface area (Å²) in [6.07, 6.45) is 0.884. The van der Waals surface area contributed by atoms with Crippen LogP contribution in [0.25, 0.3) is 0 Å². The number of carbonyl (C=O) groups is 1. The summed E-state index contributed by atoms with van der Waals surface area (Å²) in [7, 11) is 0. The zero-order chi connectivity index (χ0) is 19.9. The molecule has 1 amide bonds. The third-order valence-corrected chi connectivity index (χ3v) is 6.33. The second-order valence-electron chi connectivity index (χ2n) is 6.49. The van der Waals surface area contributed by atoms with E-state index in [2.05, 4.69) is 6.07 Å². The Kier molecular flexibility index (Phi) is 7.51. The first kappa shape index (κ1) is 20.9. The van der Waals surface area contributed by atoms with E-state index >= 15 is 0 Å². The number of thioether (sulfide) groups is 1. The van der Waals surface area contributed by atoms with Gasteiger partial charge in [-0.3, -0.25) is 4.79 Å². The maximum absolute atomic E-state index is 13.1. The van der Waals surface area contributed by atoms with E-state index in [-0.39, 0.29) is 5.91 Å². The van der Waals surface area contributed by atoms with E-state index in [0.29, 0.717) is 42.1 Å². The number of hydrogen-bond donors (Lipinski definition) is 0. The van der Waals surface area contributed by atoms with Gasteiger partial charge in [-0.2, -0.15) is 11.8 Å². The molecule has 0 N–H and O–H groups in total. The van der Waals surface area contributed by atoms with Gasteiger partial charge in [-0.1, -0.05) is 29.8 Å². The third kappa shape index (κ3) is 4.95. The summed E-state index contributed by atoms with van der Waals surface area (Å²) in [4.78, 5) is 15.0. The third-order valence-electron chi connectivity index (χ3n) is 4.67. The van der Waals surface area contributed by atoms with Crippen LogP contribution in [-0.4, -0.2) is 42.9 Å². The molecule has 0 spiro atoms. The number of rotatable bonds is 6. The molecule has 1 fully saturated rings. The van der Waals surface area contributed by atoms with Gasteiger partial charge in [-0.15, -0.1) is 0 Å². The minimum absolute atomic E-state index is 0.0319. The lowest BCUT2D eigenvalue weighted by Gasteiger charge is -2.21. The molecule has 0 saturated carbocycles. The molecular formula is C22H26ClNO3S. The van der Waals surface area contributed by atoms with E-state index in [1.807, 2.05) is 60.8 Å². The minimum atomic E-state index is 0.0319. The van der Waals surface area contributed by atoms with Gasteiger partial charge >= 0.3 is 0 Å². The summed E-state index contributed by atoms with van der Waals surface area (Å²) in [5.74, 6) is 2.21. The molecule has 1 aliphatic rings. The van der Waals surface area contributed by atoms with Crippen LogP contribution in [0.4, 0.5) is 0 Å². The Morgan fingerprint density at radius 1 is 1.11 bits per heavy atom. The Bertz CT molecular complexity index is 814. The van der Waals surface area contributed by atoms with Crippen molar-refractivity contribution in [3.05, 3.63) is 58.6 Å². The predicted molar refractivity (Wildman–Crippen MR) is 116 cm³/mol. The lowest BCUT2D eigenvalue weighted by Crippen LogP contribution is -2.33. The van der Waals surface area contributed by atoms with Crippen LogP contribution in [0.15, 0.2) is 42.5 Å². The van der Waals surface area contributed by atoms with Gasteiger partial charge in [0.25, 0.3) is 5.91 Å². The molecule has 0 bridgehead atoms. The first-order valence-electron chi connectivity index (χ1n) is 9.69. The first-order chi connectivity index (χ1) is 13.6. The van der Waals surface area contributed by atoms with E-state index in [9.17, 15) is 4.79 Å². The smallest absolute Gasteiger partial charge is 0.254 e. The van der Waals surface area contributed by atoms with E-state index < -0.39 is 0 Å². The molecule has 2 aromatic rings. The van der Waals surface area contributed by atoms with Crippen molar-refractivity contribution in [1.29, 1.82) is 0 Å². The van der Waals surface area contributed by atoms with Crippen LogP contribution in [0.5, 0.6) is 11.5 Å². The Hall–Kier alpha value is -1.85. The Morgan fingerprint density at radius 2 is 1.86 bits per heavy atom. The van der Waals surface area contributed by atoms with Gasteiger partial charge in [0, 0.05) is 34.7 Å². The largest absolute Gasteiger partial charge is 0.490 e. The lowest BCUT2D eigenvalue weighted by molar-refractivity contribution is 0.0766. The van der Waals surface area contributed by atoms with Crippen molar-refractivity contribution in [3.63, 3.8) is 0 Å². The van der Waals surface area contributed by atoms with Crippen LogP contribution < -0.4 is 9.47 Å². The molecule has 1 unspecified atom stereocenters. The SMILES string of the molecule is CCOc1ccc(C(=O)N2CCSC(c3ccccc3Cl)CC2)cc1OCC. The zero-order valence-electron chi connectivity index (χ0n) is 16.3. The number of amides is 1. The van der Waals surface area contributed by atoms with Gasteiger partial charge in [0.05, 0.1) is 13.2 Å². The molecule has 150 valence electrons. The van der Waals surface area contributed by atoms with Crippen molar-refractivity contribution in [2.75, 3.05) is 32.1 Å². The van der Waals surface area contributed by atoms with Crippen LogP contribution in [0.2, 0.25) is 5.02 Å². The van der Waals surface area contributed by atoms with E-state index in [0.717, 1.165) is 29.3 Å². The van der Waals surface area contributed by atoms with Gasteiger partial charge in [0.15, 0.2) is 11.5 Å². The maximum atomic E-state index is 13.1. The monoisotopic (exact) mass is 419 g/mol. The number of halogens is 1. The number of carbonyl (C=O) groups excluding carboxylic acids is 1. The summed E-state index contributed by atoms with van der Waals surface area (Å²) in [6, 6.07) is 13.4. The van der Waals surface area contributed by atoms with Crippen LogP contribution >= 0.6 is 23.4 Å². The second-order valence-corrected chi connectivity index (χ2v) is 8.21. The molecule has 2 aromatic carbocycles. The molecule has 1 saturated heterocycles. The summed E-state index contributed by atoms with van der Waals surface area (Å²) >= 11 is 8.24. The molecule has 1 atom stereocenters. The van der Waals surface area contributed by atoms with Crippen LogP contribution in [0.1, 0.15) is 41.4 Å². The van der Waals surface area contributed by atoms with Gasteiger partial charge in [0.1, 0.15) is 0 Å². The van der Waals surface area contributed by atoms with Crippen LogP contribution in [0, 0.1) is 0 Å². The fraction of sp³-hybridized carbons (Fsp3) is 0.409. The van der Waals surface area contributed by atoms with Crippen molar-refractivity contribution in [1.82, 2.24) is 4.90 Å². The van der Waals surface area contributed by atoms with Crippen molar-refractivity contribution in [2.24, 2.45) is 0 Å². The molecule has 6 heteroatoms. The molecule has 0 radical (unpaired) electrons. The highest BCUT2D eigenvalue weighted by Gasteiger charge is 2.24. The van der Waals surface area contributed by atoms with Crippen molar-refractivity contribution in [3.8, 4) is 11.5 Å². The van der Waals surface area contributed by atoms with Crippen molar-refractivity contribution in [2.45, 2.75) is 25.5 Å². The minimum Gasteiger partial charge on any atom is -0.490 e. The van der Waals surface area contributed by atoms with Gasteiger partial charge in [0.2, 0.25) is 0 Å². The fourth-order valence-corrected chi connectivity index (χ4v) is 4.92. The topological polar surface area (TPSA) is 38.8 Å². The average Bonchev–Trinajstić information content (AvgIpc) is 2.96. The Morgan fingerprint density at radius 3 is 2.61 bits per heavy atom. The van der Waals surface area contributed by atoms with Gasteiger partial charge in [-0.25, -0.2) is 0 Å². The standard InChI is InChI=1S/C22H26ClNO3S/c1-3-26-19-10-9-16(15-20(19)27-4-2)22(25)24-12-11-21(28-14-13-24)17-7-5-6-8-18(17)23/h5-10,15,21H,3-4,11-14H2,1-2H3. The summed E-state index contributed by atoms with van der Waals surface area (Å²) in [5, 5.41) is 1.11. The van der Waals surface area contributed by atoms with Crippen molar-refractivity contribution < 1.29 is 14.3 Å². The second kappa shape index (κ2) is 10.1. The zero-order valence-corrected chi connectivity index (χ0v) is 17.9. The first-order valence-corrected chi connectivity index (χ1v) is 11.1. The molecule has 4 nitrogen and oxygen atoms in total. The highest BCUT2D eigenvalue weighted by Crippen LogP contribution is 2.38. The average molecular weight is 420 g/mol. The number of benzene rings is 2. The van der Waals surface area contributed by atoms with Gasteiger partial charge in [-0.05, 0) is 50.1 Å². The molecule has 0 aliphatic carbocycles.